The molecular weight excluding hydrogens is 272 g/mol. The Morgan fingerprint density at radius 3 is 2.89 bits per heavy atom. The van der Waals surface area contributed by atoms with E-state index < -0.39 is 4.92 Å². The smallest absolute Gasteiger partial charge is 0.288 e. The van der Waals surface area contributed by atoms with E-state index in [0.717, 1.165) is 17.7 Å². The molecule has 1 atom stereocenters. The summed E-state index contributed by atoms with van der Waals surface area (Å²) in [7, 11) is 0. The maximum atomic E-state index is 10.8. The highest BCUT2D eigenvalue weighted by Crippen LogP contribution is 2.25. The molecule has 0 saturated heterocycles. The number of nitrogens with zero attached hydrogens (tertiary/aromatic N) is 1. The van der Waals surface area contributed by atoms with E-state index in [1.807, 2.05) is 17.8 Å². The molecule has 18 heavy (non-hydrogen) atoms. The van der Waals surface area contributed by atoms with Crippen LogP contribution in [0.3, 0.4) is 0 Å². The molecule has 0 saturated carbocycles. The summed E-state index contributed by atoms with van der Waals surface area (Å²) in [6, 6.07) is 5.30. The predicted octanol–water partition coefficient (Wildman–Crippen LogP) is 3.48. The van der Waals surface area contributed by atoms with E-state index in [4.69, 9.17) is 11.6 Å². The topological polar surface area (TPSA) is 55.2 Å². The van der Waals surface area contributed by atoms with Gasteiger partial charge in [-0.2, -0.15) is 11.8 Å². The molecule has 0 aliphatic heterocycles. The summed E-state index contributed by atoms with van der Waals surface area (Å²) in [6.45, 7) is 2.73. The fraction of sp³-hybridized carbons (Fsp3) is 0.500. The average molecular weight is 289 g/mol. The van der Waals surface area contributed by atoms with Gasteiger partial charge in [0.2, 0.25) is 0 Å². The van der Waals surface area contributed by atoms with E-state index in [9.17, 15) is 10.1 Å². The lowest BCUT2D eigenvalue weighted by Crippen LogP contribution is -2.25. The van der Waals surface area contributed by atoms with Gasteiger partial charge in [-0.15, -0.1) is 0 Å². The summed E-state index contributed by atoms with van der Waals surface area (Å²) in [5.74, 6) is 1.11. The fourth-order valence-electron chi connectivity index (χ4n) is 1.50. The lowest BCUT2D eigenvalue weighted by atomic mass is 10.2. The molecule has 1 aromatic carbocycles. The van der Waals surface area contributed by atoms with Crippen molar-refractivity contribution in [3.8, 4) is 0 Å². The number of rotatable bonds is 7. The van der Waals surface area contributed by atoms with Crippen molar-refractivity contribution in [1.82, 2.24) is 5.32 Å². The molecule has 0 heterocycles. The maximum absolute atomic E-state index is 10.8. The van der Waals surface area contributed by atoms with Crippen LogP contribution in [0.5, 0.6) is 0 Å². The molecule has 4 nitrogen and oxygen atoms in total. The van der Waals surface area contributed by atoms with Crippen LogP contribution in [-0.4, -0.2) is 23.0 Å². The number of nitrogens with one attached hydrogen (secondary N) is 1. The third kappa shape index (κ3) is 4.84. The Kier molecular flexibility index (Phi) is 6.46. The van der Waals surface area contributed by atoms with Gasteiger partial charge in [-0.05, 0) is 37.0 Å². The molecule has 6 heteroatoms. The Bertz CT molecular complexity index is 415. The van der Waals surface area contributed by atoms with Crippen LogP contribution in [0.1, 0.15) is 18.9 Å². The van der Waals surface area contributed by atoms with Gasteiger partial charge in [0.1, 0.15) is 5.02 Å². The van der Waals surface area contributed by atoms with Gasteiger partial charge in [0.25, 0.3) is 5.69 Å². The molecule has 1 rings (SSSR count). The van der Waals surface area contributed by atoms with E-state index in [2.05, 4.69) is 18.5 Å². The quantitative estimate of drug-likeness (QED) is 0.616. The first kappa shape index (κ1) is 15.3. The molecule has 1 aromatic rings. The number of thioether (sulfide) groups is 1. The van der Waals surface area contributed by atoms with E-state index in [1.165, 1.54) is 6.07 Å². The predicted molar refractivity (Wildman–Crippen MR) is 77.4 cm³/mol. The van der Waals surface area contributed by atoms with Gasteiger partial charge in [-0.3, -0.25) is 10.1 Å². The third-order valence-electron chi connectivity index (χ3n) is 2.62. The van der Waals surface area contributed by atoms with Gasteiger partial charge in [-0.25, -0.2) is 0 Å². The second-order valence-corrected chi connectivity index (χ2v) is 5.50. The Labute approximate surface area is 116 Å². The number of halogens is 1. The number of hydrogen-bond acceptors (Lipinski definition) is 4. The first-order valence-corrected chi connectivity index (χ1v) is 7.47. The van der Waals surface area contributed by atoms with Gasteiger partial charge >= 0.3 is 0 Å². The molecule has 0 aliphatic rings. The van der Waals surface area contributed by atoms with Crippen molar-refractivity contribution in [2.24, 2.45) is 0 Å². The molecular formula is C12H17ClN2O2S. The summed E-state index contributed by atoms with van der Waals surface area (Å²) < 4.78 is 0. The number of benzene rings is 1. The first-order chi connectivity index (χ1) is 8.54. The van der Waals surface area contributed by atoms with Crippen LogP contribution in [0.2, 0.25) is 5.02 Å². The van der Waals surface area contributed by atoms with Crippen molar-refractivity contribution >= 4 is 29.1 Å². The van der Waals surface area contributed by atoms with Gasteiger partial charge in [0.05, 0.1) is 4.92 Å². The molecule has 1 unspecified atom stereocenters. The van der Waals surface area contributed by atoms with Crippen molar-refractivity contribution < 1.29 is 4.92 Å². The highest BCUT2D eigenvalue weighted by atomic mass is 35.5. The molecule has 0 amide bonds. The minimum atomic E-state index is -0.455. The van der Waals surface area contributed by atoms with Crippen LogP contribution >= 0.6 is 23.4 Å². The number of nitro groups is 1. The van der Waals surface area contributed by atoms with Gasteiger partial charge in [0.15, 0.2) is 0 Å². The first-order valence-electron chi connectivity index (χ1n) is 5.69. The molecule has 0 fully saturated rings. The maximum Gasteiger partial charge on any atom is 0.288 e. The monoisotopic (exact) mass is 288 g/mol. The van der Waals surface area contributed by atoms with E-state index >= 15 is 0 Å². The lowest BCUT2D eigenvalue weighted by Gasteiger charge is -2.13. The normalized spacial score (nSPS) is 12.4. The standard InChI is InChI=1S/C12H17ClN2O2S/c1-9(5-6-18-2)14-8-10-3-4-11(13)12(7-10)15(16)17/h3-4,7,9,14H,5-6,8H2,1-2H3. The van der Waals surface area contributed by atoms with Gasteiger partial charge in [-0.1, -0.05) is 17.7 Å². The molecule has 1 N–H and O–H groups in total. The summed E-state index contributed by atoms with van der Waals surface area (Å²) in [4.78, 5) is 10.3. The molecule has 0 spiro atoms. The van der Waals surface area contributed by atoms with E-state index in [-0.39, 0.29) is 10.7 Å². The van der Waals surface area contributed by atoms with E-state index in [0.29, 0.717) is 12.6 Å². The molecule has 0 bridgehead atoms. The zero-order chi connectivity index (χ0) is 13.5. The number of nitro benzene ring substituents is 1. The van der Waals surface area contributed by atoms with Crippen molar-refractivity contribution in [3.63, 3.8) is 0 Å². The van der Waals surface area contributed by atoms with Crippen LogP contribution in [0.25, 0.3) is 0 Å². The Morgan fingerprint density at radius 2 is 2.28 bits per heavy atom. The van der Waals surface area contributed by atoms with Crippen LogP contribution in [0.4, 0.5) is 5.69 Å². The van der Waals surface area contributed by atoms with Crippen molar-refractivity contribution in [3.05, 3.63) is 38.9 Å². The summed E-state index contributed by atoms with van der Waals surface area (Å²) in [6.07, 6.45) is 3.16. The second-order valence-electron chi connectivity index (χ2n) is 4.11. The zero-order valence-corrected chi connectivity index (χ0v) is 12.1. The SMILES string of the molecule is CSCCC(C)NCc1ccc(Cl)c([N+](=O)[O-])c1. The Morgan fingerprint density at radius 1 is 1.56 bits per heavy atom. The van der Waals surface area contributed by atoms with Crippen LogP contribution in [-0.2, 0) is 6.54 Å². The van der Waals surface area contributed by atoms with Crippen molar-refractivity contribution in [2.75, 3.05) is 12.0 Å². The van der Waals surface area contributed by atoms with Crippen molar-refractivity contribution in [2.45, 2.75) is 25.9 Å². The minimum Gasteiger partial charge on any atom is -0.310 e. The highest BCUT2D eigenvalue weighted by Gasteiger charge is 2.12. The summed E-state index contributed by atoms with van der Waals surface area (Å²) >= 11 is 7.57. The minimum absolute atomic E-state index is 0.0345. The number of hydrogen-bond donors (Lipinski definition) is 1. The fourth-order valence-corrected chi connectivity index (χ4v) is 2.27. The zero-order valence-electron chi connectivity index (χ0n) is 10.5. The molecule has 0 aliphatic carbocycles. The lowest BCUT2D eigenvalue weighted by molar-refractivity contribution is -0.384. The van der Waals surface area contributed by atoms with Crippen molar-refractivity contribution in [1.29, 1.82) is 0 Å². The van der Waals surface area contributed by atoms with Crippen LogP contribution in [0.15, 0.2) is 18.2 Å². The van der Waals surface area contributed by atoms with Crippen LogP contribution in [0, 0.1) is 10.1 Å². The Hall–Kier alpha value is -0.780. The van der Waals surface area contributed by atoms with E-state index in [1.54, 1.807) is 6.07 Å². The third-order valence-corrected chi connectivity index (χ3v) is 3.58. The average Bonchev–Trinajstić information content (AvgIpc) is 2.35. The summed E-state index contributed by atoms with van der Waals surface area (Å²) in [5, 5.41) is 14.3. The Balaban J connectivity index is 2.57. The van der Waals surface area contributed by atoms with Gasteiger partial charge in [0, 0.05) is 18.7 Å². The second kappa shape index (κ2) is 7.61. The van der Waals surface area contributed by atoms with Crippen LogP contribution < -0.4 is 5.32 Å². The molecule has 0 aromatic heterocycles. The summed E-state index contributed by atoms with van der Waals surface area (Å²) in [5.41, 5.74) is 0.842. The highest BCUT2D eigenvalue weighted by molar-refractivity contribution is 7.98. The molecule has 100 valence electrons. The van der Waals surface area contributed by atoms with Gasteiger partial charge < -0.3 is 5.32 Å². The molecule has 0 radical (unpaired) electrons. The largest absolute Gasteiger partial charge is 0.310 e.